The van der Waals surface area contributed by atoms with E-state index in [1.807, 2.05) is 62.4 Å². The lowest BCUT2D eigenvalue weighted by atomic mass is 9.70. The highest BCUT2D eigenvalue weighted by Crippen LogP contribution is 2.59. The molecule has 8 heteroatoms. The van der Waals surface area contributed by atoms with E-state index >= 15 is 0 Å². The number of benzene rings is 2. The highest BCUT2D eigenvalue weighted by atomic mass is 16.5. The number of carbonyl (C=O) groups is 3. The first-order valence-corrected chi connectivity index (χ1v) is 13.9. The molecule has 3 amide bonds. The number of hydrogen-bond donors (Lipinski definition) is 1. The Kier molecular flexibility index (Phi) is 7.66. The minimum atomic E-state index is -1.15. The Balaban J connectivity index is 1.57. The number of amides is 3. The summed E-state index contributed by atoms with van der Waals surface area (Å²) in [6.07, 6.45) is 3.90. The van der Waals surface area contributed by atoms with Gasteiger partial charge in [-0.1, -0.05) is 48.6 Å². The van der Waals surface area contributed by atoms with Gasteiger partial charge in [0.15, 0.2) is 0 Å². The predicted molar refractivity (Wildman–Crippen MR) is 154 cm³/mol. The van der Waals surface area contributed by atoms with Crippen molar-refractivity contribution in [3.05, 3.63) is 85.0 Å². The fourth-order valence-corrected chi connectivity index (χ4v) is 7.10. The van der Waals surface area contributed by atoms with Gasteiger partial charge in [0, 0.05) is 31.0 Å². The first-order chi connectivity index (χ1) is 19.3. The molecule has 3 fully saturated rings. The molecule has 1 spiro atoms. The van der Waals surface area contributed by atoms with Gasteiger partial charge in [0.1, 0.15) is 11.6 Å². The smallest absolute Gasteiger partial charge is 0.253 e. The lowest BCUT2D eigenvalue weighted by molar-refractivity contribution is -0.141. The number of rotatable bonds is 10. The molecule has 5 atom stereocenters. The second kappa shape index (κ2) is 11.0. The van der Waals surface area contributed by atoms with E-state index in [0.717, 1.165) is 16.8 Å². The van der Waals surface area contributed by atoms with E-state index in [-0.39, 0.29) is 44.0 Å². The lowest BCUT2D eigenvalue weighted by Crippen LogP contribution is -2.57. The highest BCUT2D eigenvalue weighted by molar-refractivity contribution is 6.07. The topological polar surface area (TPSA) is 90.4 Å². The number of aliphatic hydroxyl groups is 1. The van der Waals surface area contributed by atoms with Crippen molar-refractivity contribution >= 4 is 29.1 Å². The van der Waals surface area contributed by atoms with Gasteiger partial charge in [-0.25, -0.2) is 0 Å². The summed E-state index contributed by atoms with van der Waals surface area (Å²) in [5.41, 5.74) is 2.18. The van der Waals surface area contributed by atoms with Crippen LogP contribution in [0.3, 0.4) is 0 Å². The predicted octanol–water partition coefficient (Wildman–Crippen LogP) is 3.41. The van der Waals surface area contributed by atoms with Crippen LogP contribution in [0.25, 0.3) is 0 Å². The molecule has 0 aromatic heterocycles. The van der Waals surface area contributed by atoms with Crippen LogP contribution in [0.5, 0.6) is 0 Å². The summed E-state index contributed by atoms with van der Waals surface area (Å²) in [7, 11) is 0. The van der Waals surface area contributed by atoms with E-state index in [1.165, 1.54) is 4.90 Å². The Morgan fingerprint density at radius 3 is 2.30 bits per heavy atom. The van der Waals surface area contributed by atoms with E-state index in [1.54, 1.807) is 22.0 Å². The number of fused-ring (bicyclic) bond motifs is 1. The number of hydrogen-bond acceptors (Lipinski definition) is 5. The Morgan fingerprint density at radius 2 is 1.68 bits per heavy atom. The molecule has 0 saturated carbocycles. The van der Waals surface area contributed by atoms with Crippen LogP contribution in [0, 0.1) is 25.7 Å². The van der Waals surface area contributed by atoms with E-state index in [0.29, 0.717) is 18.5 Å². The molecule has 3 saturated heterocycles. The van der Waals surface area contributed by atoms with Crippen molar-refractivity contribution in [2.24, 2.45) is 11.8 Å². The van der Waals surface area contributed by atoms with Crippen LogP contribution in [0.4, 0.5) is 11.4 Å². The number of likely N-dealkylation sites (tertiary alicyclic amines) is 1. The fourth-order valence-electron chi connectivity index (χ4n) is 7.10. The number of β-amino-alcohol motifs (C(OH)–C–C–N with tert-alkyl or cyclic N) is 1. The number of aryl methyl sites for hydroxylation is 2. The largest absolute Gasteiger partial charge is 0.395 e. The zero-order valence-corrected chi connectivity index (χ0v) is 23.2. The van der Waals surface area contributed by atoms with Crippen molar-refractivity contribution in [3.63, 3.8) is 0 Å². The minimum absolute atomic E-state index is 0.0217. The molecule has 210 valence electrons. The van der Waals surface area contributed by atoms with Crippen molar-refractivity contribution in [2.45, 2.75) is 44.4 Å². The van der Waals surface area contributed by atoms with Gasteiger partial charge >= 0.3 is 0 Å². The number of aliphatic hydroxyl groups excluding tert-OH is 1. The number of para-hydroxylation sites is 2. The van der Waals surface area contributed by atoms with Crippen molar-refractivity contribution < 1.29 is 24.2 Å². The molecular formula is C32H37N3O5. The van der Waals surface area contributed by atoms with Gasteiger partial charge in [0.05, 0.1) is 24.5 Å². The van der Waals surface area contributed by atoms with Gasteiger partial charge in [-0.15, -0.1) is 13.2 Å². The number of ether oxygens (including phenoxy) is 1. The zero-order valence-electron chi connectivity index (χ0n) is 23.2. The van der Waals surface area contributed by atoms with Gasteiger partial charge in [0.25, 0.3) is 5.91 Å². The average molecular weight is 544 g/mol. The highest BCUT2D eigenvalue weighted by Gasteiger charge is 2.75. The van der Waals surface area contributed by atoms with Gasteiger partial charge in [-0.3, -0.25) is 14.4 Å². The Morgan fingerprint density at radius 1 is 1.02 bits per heavy atom. The normalized spacial score (nSPS) is 26.5. The van der Waals surface area contributed by atoms with Crippen LogP contribution in [-0.4, -0.2) is 71.7 Å². The van der Waals surface area contributed by atoms with E-state index in [4.69, 9.17) is 4.74 Å². The maximum absolute atomic E-state index is 14.5. The van der Waals surface area contributed by atoms with Crippen molar-refractivity contribution in [3.8, 4) is 0 Å². The molecule has 2 aromatic rings. The number of anilines is 2. The van der Waals surface area contributed by atoms with Crippen LogP contribution in [0.15, 0.2) is 73.8 Å². The SMILES string of the molecule is C=CCN(C(=O)[C@@H]1[C@@H]2CCC3(O2)C(C(=O)N(CC=C)c2c(C)cccc2C)N(CCO)C(=O)[C@H]13)c1ccccc1. The summed E-state index contributed by atoms with van der Waals surface area (Å²) in [4.78, 5) is 47.6. The van der Waals surface area contributed by atoms with Crippen molar-refractivity contribution in [2.75, 3.05) is 36.0 Å². The maximum atomic E-state index is 14.5. The molecule has 3 heterocycles. The molecule has 5 rings (SSSR count). The first kappa shape index (κ1) is 27.8. The van der Waals surface area contributed by atoms with E-state index < -0.39 is 29.6 Å². The molecule has 3 aliphatic heterocycles. The molecule has 2 bridgehead atoms. The third-order valence-electron chi connectivity index (χ3n) is 8.59. The molecule has 40 heavy (non-hydrogen) atoms. The minimum Gasteiger partial charge on any atom is -0.395 e. The quantitative estimate of drug-likeness (QED) is 0.464. The van der Waals surface area contributed by atoms with Gasteiger partial charge in [-0.05, 0) is 49.9 Å². The molecule has 8 nitrogen and oxygen atoms in total. The molecule has 2 aromatic carbocycles. The second-order valence-electron chi connectivity index (χ2n) is 10.9. The molecular weight excluding hydrogens is 506 g/mol. The molecule has 0 radical (unpaired) electrons. The van der Waals surface area contributed by atoms with Crippen molar-refractivity contribution in [1.29, 1.82) is 0 Å². The molecule has 1 N–H and O–H groups in total. The fraction of sp³-hybridized carbons (Fsp3) is 0.406. The Bertz CT molecular complexity index is 1310. The summed E-state index contributed by atoms with van der Waals surface area (Å²) in [6, 6.07) is 14.2. The van der Waals surface area contributed by atoms with Gasteiger partial charge in [0.2, 0.25) is 11.8 Å². The van der Waals surface area contributed by atoms with Gasteiger partial charge < -0.3 is 24.5 Å². The maximum Gasteiger partial charge on any atom is 0.253 e. The first-order valence-electron chi connectivity index (χ1n) is 13.9. The second-order valence-corrected chi connectivity index (χ2v) is 10.9. The molecule has 0 aliphatic carbocycles. The van der Waals surface area contributed by atoms with Crippen LogP contribution >= 0.6 is 0 Å². The Hall–Kier alpha value is -3.75. The standard InChI is InChI=1S/C32H37N3O5/c1-5-17-33(23-13-8-7-9-14-23)29(37)25-24-15-16-32(40-24)26(25)30(38)35(19-20-36)28(32)31(39)34(18-6-2)27-21(3)11-10-12-22(27)4/h5-14,24-26,28,36H,1-2,15-20H2,3-4H3/t24-,25+,26-,28?,32?/m0/s1. The third-order valence-corrected chi connectivity index (χ3v) is 8.59. The van der Waals surface area contributed by atoms with Crippen LogP contribution in [0.1, 0.15) is 24.0 Å². The van der Waals surface area contributed by atoms with Gasteiger partial charge in [-0.2, -0.15) is 0 Å². The van der Waals surface area contributed by atoms with Crippen LogP contribution in [-0.2, 0) is 19.1 Å². The third kappa shape index (κ3) is 4.26. The van der Waals surface area contributed by atoms with E-state index in [9.17, 15) is 19.5 Å². The Labute approximate surface area is 235 Å². The lowest BCUT2D eigenvalue weighted by Gasteiger charge is -2.37. The molecule has 2 unspecified atom stereocenters. The van der Waals surface area contributed by atoms with E-state index in [2.05, 4.69) is 13.2 Å². The average Bonchev–Trinajstić information content (AvgIpc) is 3.59. The molecule has 3 aliphatic rings. The van der Waals surface area contributed by atoms with Crippen LogP contribution < -0.4 is 9.80 Å². The zero-order chi connectivity index (χ0) is 28.6. The van der Waals surface area contributed by atoms with Crippen molar-refractivity contribution in [1.82, 2.24) is 4.90 Å². The monoisotopic (exact) mass is 543 g/mol. The van der Waals surface area contributed by atoms with Crippen LogP contribution in [0.2, 0.25) is 0 Å². The summed E-state index contributed by atoms with van der Waals surface area (Å²) in [6.45, 7) is 11.8. The summed E-state index contributed by atoms with van der Waals surface area (Å²) in [5, 5.41) is 9.94. The summed E-state index contributed by atoms with van der Waals surface area (Å²) in [5.74, 6) is -2.39. The number of carbonyl (C=O) groups excluding carboxylic acids is 3. The summed E-state index contributed by atoms with van der Waals surface area (Å²) >= 11 is 0. The summed E-state index contributed by atoms with van der Waals surface area (Å²) < 4.78 is 6.60. The number of nitrogens with zero attached hydrogens (tertiary/aromatic N) is 3.